The van der Waals surface area contributed by atoms with Crippen molar-refractivity contribution in [2.75, 3.05) is 14.2 Å². The Kier molecular flexibility index (Phi) is 14.9. The van der Waals surface area contributed by atoms with Crippen LogP contribution in [0.2, 0.25) is 0 Å². The van der Waals surface area contributed by atoms with Crippen LogP contribution >= 0.6 is 15.8 Å². The van der Waals surface area contributed by atoms with Crippen molar-refractivity contribution in [1.29, 1.82) is 0 Å². The molecule has 3 atom stereocenters. The van der Waals surface area contributed by atoms with E-state index in [2.05, 4.69) is 121 Å². The molecule has 5 heteroatoms. The topological polar surface area (TPSA) is 18.5 Å². The Bertz CT molecular complexity index is 1520. The maximum atomic E-state index is 5.81. The number of ether oxygens (including phenoxy) is 2. The SMILES string of the molecule is C1CCCC1.COc1c(C)cc(P(c2cc(C)c(OC)c(C)c2)C2CCCC2C(C)P(c2ccccc2C)c2ccccc2C)cc1C.[Fe]. The van der Waals surface area contributed by atoms with Crippen molar-refractivity contribution in [3.8, 4) is 11.5 Å². The van der Waals surface area contributed by atoms with Crippen LogP contribution in [0.3, 0.4) is 0 Å². The number of benzene rings is 4. The van der Waals surface area contributed by atoms with E-state index in [0.717, 1.165) is 11.5 Å². The molecule has 2 aliphatic carbocycles. The minimum absolute atomic E-state index is 0. The first kappa shape index (κ1) is 39.6. The number of hydrogen-bond acceptors (Lipinski definition) is 2. The maximum absolute atomic E-state index is 5.81. The Balaban J connectivity index is 0.000000826. The summed E-state index contributed by atoms with van der Waals surface area (Å²) in [6.07, 6.45) is 11.4. The second-order valence-electron chi connectivity index (χ2n) is 14.2. The molecule has 0 heterocycles. The fourth-order valence-corrected chi connectivity index (χ4v) is 15.5. The molecule has 49 heavy (non-hydrogen) atoms. The van der Waals surface area contributed by atoms with Gasteiger partial charge in [0.1, 0.15) is 11.5 Å². The van der Waals surface area contributed by atoms with Gasteiger partial charge in [-0.2, -0.15) is 0 Å². The predicted octanol–water partition coefficient (Wildman–Crippen LogP) is 10.6. The summed E-state index contributed by atoms with van der Waals surface area (Å²) in [6, 6.07) is 28.0. The second-order valence-corrected chi connectivity index (χ2v) is 19.2. The Morgan fingerprint density at radius 2 is 0.939 bits per heavy atom. The van der Waals surface area contributed by atoms with Gasteiger partial charge in [-0.1, -0.05) is 94.0 Å². The smallest absolute Gasteiger partial charge is 0.124 e. The van der Waals surface area contributed by atoms with Gasteiger partial charge in [0.2, 0.25) is 0 Å². The Morgan fingerprint density at radius 1 is 0.551 bits per heavy atom. The molecule has 0 N–H and O–H groups in total. The van der Waals surface area contributed by atoms with Crippen LogP contribution in [-0.4, -0.2) is 25.5 Å². The van der Waals surface area contributed by atoms with Crippen LogP contribution in [0.25, 0.3) is 0 Å². The molecule has 0 aliphatic heterocycles. The van der Waals surface area contributed by atoms with E-state index in [4.69, 9.17) is 9.47 Å². The van der Waals surface area contributed by atoms with E-state index in [-0.39, 0.29) is 17.1 Å². The molecule has 2 aliphatic rings. The van der Waals surface area contributed by atoms with Crippen molar-refractivity contribution in [1.82, 2.24) is 0 Å². The van der Waals surface area contributed by atoms with Crippen LogP contribution < -0.4 is 30.7 Å². The average Bonchev–Trinajstić information content (AvgIpc) is 3.79. The normalized spacial score (nSPS) is 17.8. The fourth-order valence-electron chi connectivity index (χ4n) is 8.47. The molecule has 2 nitrogen and oxygen atoms in total. The molecule has 0 bridgehead atoms. The molecule has 0 radical (unpaired) electrons. The van der Waals surface area contributed by atoms with Gasteiger partial charge in [0.15, 0.2) is 0 Å². The van der Waals surface area contributed by atoms with Crippen molar-refractivity contribution in [2.45, 2.75) is 111 Å². The third kappa shape index (κ3) is 9.03. The first-order chi connectivity index (χ1) is 23.2. The van der Waals surface area contributed by atoms with E-state index < -0.39 is 15.8 Å². The number of methoxy groups -OCH3 is 2. The van der Waals surface area contributed by atoms with Crippen molar-refractivity contribution in [3.05, 3.63) is 106 Å². The van der Waals surface area contributed by atoms with Gasteiger partial charge in [-0.25, -0.2) is 0 Å². The average molecular weight is 737 g/mol. The third-order valence-electron chi connectivity index (χ3n) is 10.7. The molecule has 2 saturated carbocycles. The van der Waals surface area contributed by atoms with Gasteiger partial charge in [0, 0.05) is 17.1 Å². The van der Waals surface area contributed by atoms with Crippen LogP contribution in [-0.2, 0) is 17.1 Å². The van der Waals surface area contributed by atoms with Crippen molar-refractivity contribution in [2.24, 2.45) is 5.92 Å². The Hall–Kier alpha value is -2.14. The van der Waals surface area contributed by atoms with Crippen LogP contribution in [0.4, 0.5) is 0 Å². The molecule has 0 saturated heterocycles. The third-order valence-corrected chi connectivity index (χ3v) is 16.9. The van der Waals surface area contributed by atoms with E-state index in [1.165, 1.54) is 95.4 Å². The molecule has 0 aromatic heterocycles. The molecule has 4 aromatic rings. The van der Waals surface area contributed by atoms with Gasteiger partial charge in [-0.05, 0) is 166 Å². The summed E-state index contributed by atoms with van der Waals surface area (Å²) in [4.78, 5) is 0. The summed E-state index contributed by atoms with van der Waals surface area (Å²) >= 11 is 0. The summed E-state index contributed by atoms with van der Waals surface area (Å²) in [5, 5.41) is 6.05. The van der Waals surface area contributed by atoms with Crippen LogP contribution in [0.15, 0.2) is 72.8 Å². The quantitative estimate of drug-likeness (QED) is 0.126. The zero-order valence-electron chi connectivity index (χ0n) is 31.4. The van der Waals surface area contributed by atoms with E-state index in [0.29, 0.717) is 17.2 Å². The van der Waals surface area contributed by atoms with E-state index in [1.807, 2.05) is 0 Å². The van der Waals surface area contributed by atoms with Crippen molar-refractivity contribution in [3.63, 3.8) is 0 Å². The molecular weight excluding hydrogens is 678 g/mol. The van der Waals surface area contributed by atoms with Gasteiger partial charge in [0.25, 0.3) is 0 Å². The fraction of sp³-hybridized carbons (Fsp3) is 0.455. The molecule has 2 fully saturated rings. The monoisotopic (exact) mass is 736 g/mol. The van der Waals surface area contributed by atoms with Gasteiger partial charge < -0.3 is 9.47 Å². The zero-order valence-corrected chi connectivity index (χ0v) is 34.3. The second kappa shape index (κ2) is 18.4. The summed E-state index contributed by atoms with van der Waals surface area (Å²) in [7, 11) is 2.46. The number of aryl methyl sites for hydroxylation is 6. The molecule has 4 aromatic carbocycles. The number of rotatable bonds is 9. The molecular formula is C44H58FeO2P2. The molecule has 6 rings (SSSR count). The van der Waals surface area contributed by atoms with Gasteiger partial charge in [0.05, 0.1) is 14.2 Å². The summed E-state index contributed by atoms with van der Waals surface area (Å²) < 4.78 is 11.6. The van der Waals surface area contributed by atoms with E-state index >= 15 is 0 Å². The molecule has 0 amide bonds. The van der Waals surface area contributed by atoms with E-state index in [1.54, 1.807) is 24.8 Å². The van der Waals surface area contributed by atoms with Gasteiger partial charge in [-0.3, -0.25) is 0 Å². The van der Waals surface area contributed by atoms with Gasteiger partial charge in [-0.15, -0.1) is 0 Å². The van der Waals surface area contributed by atoms with Crippen LogP contribution in [0.5, 0.6) is 11.5 Å². The van der Waals surface area contributed by atoms with Crippen LogP contribution in [0.1, 0.15) is 91.7 Å². The maximum Gasteiger partial charge on any atom is 0.124 e. The predicted molar refractivity (Wildman–Crippen MR) is 213 cm³/mol. The summed E-state index contributed by atoms with van der Waals surface area (Å²) in [5.41, 5.74) is 8.95. The Labute approximate surface area is 311 Å². The molecule has 264 valence electrons. The zero-order chi connectivity index (χ0) is 34.4. The van der Waals surface area contributed by atoms with Crippen LogP contribution in [0, 0.1) is 47.5 Å². The molecule has 3 unspecified atom stereocenters. The Morgan fingerprint density at radius 3 is 1.31 bits per heavy atom. The summed E-state index contributed by atoms with van der Waals surface area (Å²) in [5.74, 6) is 2.67. The van der Waals surface area contributed by atoms with Crippen molar-refractivity contribution < 1.29 is 26.5 Å². The first-order valence-corrected chi connectivity index (χ1v) is 21.0. The molecule has 0 spiro atoms. The first-order valence-electron chi connectivity index (χ1n) is 18.2. The van der Waals surface area contributed by atoms with E-state index in [9.17, 15) is 0 Å². The number of hydrogen-bond donors (Lipinski definition) is 0. The van der Waals surface area contributed by atoms with Gasteiger partial charge >= 0.3 is 0 Å². The standard InChI is InChI=1S/C39H48O2P2.C5H10.Fe/c1-25-15-10-12-18-35(25)42(36-19-13-11-16-26(36)2)31(7)34-17-14-20-37(34)43(32-21-27(3)38(40-8)28(4)22-32)33-23-29(5)39(41-9)30(6)24-33;1-2-4-5-3-1;/h10-13,15-16,18-19,21-24,31,34,37H,14,17,20H2,1-9H3;1-5H2;. The summed E-state index contributed by atoms with van der Waals surface area (Å²) in [6.45, 7) is 16.0. The minimum Gasteiger partial charge on any atom is -0.496 e. The minimum atomic E-state index is -0.602. The van der Waals surface area contributed by atoms with Crippen molar-refractivity contribution >= 4 is 37.1 Å². The largest absolute Gasteiger partial charge is 0.496 e.